The number of amides is 2. The molecule has 0 spiro atoms. The van der Waals surface area contributed by atoms with Crippen molar-refractivity contribution in [2.45, 2.75) is 26.8 Å². The van der Waals surface area contributed by atoms with Crippen LogP contribution in [0.5, 0.6) is 0 Å². The molecule has 0 unspecified atom stereocenters. The molecule has 0 atom stereocenters. The van der Waals surface area contributed by atoms with Crippen LogP contribution in [0.2, 0.25) is 0 Å². The Morgan fingerprint density at radius 1 is 1.20 bits per heavy atom. The number of nitrogens with two attached hydrogens (primary N) is 1. The Morgan fingerprint density at radius 3 is 2.60 bits per heavy atom. The second-order valence-electron chi connectivity index (χ2n) is 6.08. The fourth-order valence-corrected chi connectivity index (χ4v) is 2.67. The first-order valence-electron chi connectivity index (χ1n) is 7.93. The summed E-state index contributed by atoms with van der Waals surface area (Å²) >= 11 is 0. The fraction of sp³-hybridized carbons (Fsp3) is 0.222. The molecule has 25 heavy (non-hydrogen) atoms. The molecular weight excluding hydrogens is 318 g/mol. The number of pyridine rings is 1. The quantitative estimate of drug-likeness (QED) is 0.764. The van der Waals surface area contributed by atoms with Crippen molar-refractivity contribution in [3.8, 4) is 0 Å². The molecule has 3 aromatic rings. The average molecular weight is 337 g/mol. The number of rotatable bonds is 4. The minimum atomic E-state index is -0.598. The first-order chi connectivity index (χ1) is 11.9. The van der Waals surface area contributed by atoms with Crippen LogP contribution in [-0.4, -0.2) is 26.6 Å². The lowest BCUT2D eigenvalue weighted by molar-refractivity contribution is 0.100. The zero-order valence-electron chi connectivity index (χ0n) is 14.3. The Labute approximate surface area is 144 Å². The van der Waals surface area contributed by atoms with Gasteiger partial charge < -0.3 is 11.1 Å². The summed E-state index contributed by atoms with van der Waals surface area (Å²) in [5.41, 5.74) is 7.73. The maximum atomic E-state index is 12.7. The van der Waals surface area contributed by atoms with Crippen molar-refractivity contribution in [2.24, 2.45) is 5.73 Å². The molecule has 7 heteroatoms. The number of aromatic nitrogens is 3. The normalized spacial score (nSPS) is 11.0. The molecular formula is C18H19N5O2. The highest BCUT2D eigenvalue weighted by molar-refractivity contribution is 6.10. The maximum Gasteiger partial charge on any atom is 0.257 e. The smallest absolute Gasteiger partial charge is 0.257 e. The van der Waals surface area contributed by atoms with Crippen molar-refractivity contribution in [3.05, 3.63) is 53.3 Å². The van der Waals surface area contributed by atoms with E-state index >= 15 is 0 Å². The van der Waals surface area contributed by atoms with Crippen LogP contribution in [0.1, 0.15) is 46.3 Å². The molecule has 0 aliphatic carbocycles. The van der Waals surface area contributed by atoms with Crippen molar-refractivity contribution in [1.29, 1.82) is 0 Å². The van der Waals surface area contributed by atoms with E-state index in [1.807, 2.05) is 18.5 Å². The van der Waals surface area contributed by atoms with Crippen molar-refractivity contribution in [1.82, 2.24) is 14.8 Å². The lowest BCUT2D eigenvalue weighted by Gasteiger charge is -2.11. The third kappa shape index (κ3) is 3.08. The van der Waals surface area contributed by atoms with Crippen LogP contribution in [0.3, 0.4) is 0 Å². The van der Waals surface area contributed by atoms with Gasteiger partial charge in [0.25, 0.3) is 11.8 Å². The van der Waals surface area contributed by atoms with E-state index in [1.54, 1.807) is 43.5 Å². The van der Waals surface area contributed by atoms with Gasteiger partial charge in [0, 0.05) is 11.4 Å². The van der Waals surface area contributed by atoms with E-state index in [2.05, 4.69) is 15.4 Å². The van der Waals surface area contributed by atoms with Crippen LogP contribution in [0.25, 0.3) is 11.0 Å². The van der Waals surface area contributed by atoms with E-state index in [-0.39, 0.29) is 17.5 Å². The Morgan fingerprint density at radius 2 is 1.92 bits per heavy atom. The lowest BCUT2D eigenvalue weighted by Crippen LogP contribution is -2.19. The van der Waals surface area contributed by atoms with Gasteiger partial charge in [-0.3, -0.25) is 9.59 Å². The number of nitrogens with zero attached hydrogens (tertiary/aromatic N) is 3. The summed E-state index contributed by atoms with van der Waals surface area (Å²) in [5, 5.41) is 7.84. The Bertz CT molecular complexity index is 975. The minimum absolute atomic E-state index is 0.173. The molecule has 7 nitrogen and oxygen atoms in total. The van der Waals surface area contributed by atoms with Crippen LogP contribution in [0.15, 0.2) is 36.5 Å². The van der Waals surface area contributed by atoms with Gasteiger partial charge in [0.05, 0.1) is 28.7 Å². The first-order valence-corrected chi connectivity index (χ1v) is 7.93. The Kier molecular flexibility index (Phi) is 4.22. The summed E-state index contributed by atoms with van der Waals surface area (Å²) in [6, 6.07) is 8.55. The molecule has 2 amide bonds. The van der Waals surface area contributed by atoms with Crippen LogP contribution in [0, 0.1) is 6.92 Å². The van der Waals surface area contributed by atoms with Crippen LogP contribution in [0.4, 0.5) is 5.69 Å². The van der Waals surface area contributed by atoms with E-state index in [9.17, 15) is 9.59 Å². The van der Waals surface area contributed by atoms with Crippen LogP contribution < -0.4 is 11.1 Å². The summed E-state index contributed by atoms with van der Waals surface area (Å²) in [7, 11) is 0. The molecule has 2 heterocycles. The molecule has 0 radical (unpaired) electrons. The van der Waals surface area contributed by atoms with E-state index < -0.39 is 5.91 Å². The molecule has 0 saturated carbocycles. The summed E-state index contributed by atoms with van der Waals surface area (Å²) in [6.07, 6.45) is 1.69. The number of hydrogen-bond donors (Lipinski definition) is 2. The number of carbonyl (C=O) groups excluding carboxylic acids is 2. The molecule has 0 bridgehead atoms. The molecule has 0 aliphatic rings. The van der Waals surface area contributed by atoms with E-state index in [0.29, 0.717) is 16.9 Å². The number of anilines is 1. The average Bonchev–Trinajstić information content (AvgIpc) is 2.97. The topological polar surface area (TPSA) is 103 Å². The molecule has 0 saturated heterocycles. The third-order valence-corrected chi connectivity index (χ3v) is 3.93. The van der Waals surface area contributed by atoms with Gasteiger partial charge in [0.2, 0.25) is 0 Å². The highest BCUT2D eigenvalue weighted by atomic mass is 16.2. The summed E-state index contributed by atoms with van der Waals surface area (Å²) in [6.45, 7) is 5.81. The summed E-state index contributed by atoms with van der Waals surface area (Å²) < 4.78 is 1.81. The van der Waals surface area contributed by atoms with Gasteiger partial charge in [-0.15, -0.1) is 0 Å². The van der Waals surface area contributed by atoms with Crippen molar-refractivity contribution in [2.75, 3.05) is 5.32 Å². The predicted molar refractivity (Wildman–Crippen MR) is 95.6 cm³/mol. The third-order valence-electron chi connectivity index (χ3n) is 3.93. The maximum absolute atomic E-state index is 12.7. The molecule has 0 aliphatic heterocycles. The predicted octanol–water partition coefficient (Wildman–Crippen LogP) is 2.67. The number of carbonyl (C=O) groups is 2. The minimum Gasteiger partial charge on any atom is -0.366 e. The zero-order valence-corrected chi connectivity index (χ0v) is 14.3. The molecule has 128 valence electrons. The lowest BCUT2D eigenvalue weighted by atomic mass is 10.1. The van der Waals surface area contributed by atoms with Crippen molar-refractivity contribution in [3.63, 3.8) is 0 Å². The van der Waals surface area contributed by atoms with Crippen LogP contribution >= 0.6 is 0 Å². The molecule has 3 N–H and O–H groups in total. The number of nitrogens with one attached hydrogen (secondary N) is 1. The Balaban J connectivity index is 1.98. The van der Waals surface area contributed by atoms with E-state index in [0.717, 1.165) is 11.0 Å². The molecule has 1 aromatic carbocycles. The van der Waals surface area contributed by atoms with Crippen molar-refractivity contribution < 1.29 is 9.59 Å². The largest absolute Gasteiger partial charge is 0.366 e. The Hall–Kier alpha value is -3.22. The van der Waals surface area contributed by atoms with Crippen molar-refractivity contribution >= 4 is 28.5 Å². The van der Waals surface area contributed by atoms with E-state index in [4.69, 9.17) is 5.73 Å². The van der Waals surface area contributed by atoms with Gasteiger partial charge in [-0.25, -0.2) is 9.67 Å². The number of hydrogen-bond acceptors (Lipinski definition) is 4. The van der Waals surface area contributed by atoms with Gasteiger partial charge in [0.15, 0.2) is 5.65 Å². The number of benzene rings is 1. The number of fused-ring (bicyclic) bond motifs is 1. The monoisotopic (exact) mass is 337 g/mol. The fourth-order valence-electron chi connectivity index (χ4n) is 2.67. The zero-order chi connectivity index (χ0) is 18.1. The molecule has 3 rings (SSSR count). The standard InChI is InChI=1S/C18H19N5O2/c1-10(2)23-17-12(9-20-23)8-14(11(3)21-17)18(25)22-15-7-5-4-6-13(15)16(19)24/h4-10H,1-3H3,(H2,19,24)(H,22,25). The summed E-state index contributed by atoms with van der Waals surface area (Å²) in [5.74, 6) is -0.947. The highest BCUT2D eigenvalue weighted by Crippen LogP contribution is 2.21. The SMILES string of the molecule is Cc1nc2c(cnn2C(C)C)cc1C(=O)Nc1ccccc1C(N)=O. The second-order valence-corrected chi connectivity index (χ2v) is 6.08. The van der Waals surface area contributed by atoms with E-state index in [1.165, 1.54) is 0 Å². The summed E-state index contributed by atoms with van der Waals surface area (Å²) in [4.78, 5) is 28.7. The number of primary amides is 1. The highest BCUT2D eigenvalue weighted by Gasteiger charge is 2.17. The van der Waals surface area contributed by atoms with Crippen LogP contribution in [-0.2, 0) is 0 Å². The first kappa shape index (κ1) is 16.6. The molecule has 0 fully saturated rings. The number of aryl methyl sites for hydroxylation is 1. The van der Waals surface area contributed by atoms with Gasteiger partial charge >= 0.3 is 0 Å². The van der Waals surface area contributed by atoms with Gasteiger partial charge in [-0.2, -0.15) is 5.10 Å². The second kappa shape index (κ2) is 6.35. The molecule has 2 aromatic heterocycles. The van der Waals surface area contributed by atoms with Gasteiger partial charge in [0.1, 0.15) is 0 Å². The van der Waals surface area contributed by atoms with Gasteiger partial charge in [-0.05, 0) is 39.0 Å². The number of para-hydroxylation sites is 1. The van der Waals surface area contributed by atoms with Gasteiger partial charge in [-0.1, -0.05) is 12.1 Å².